The van der Waals surface area contributed by atoms with Gasteiger partial charge in [0.2, 0.25) is 0 Å². The summed E-state index contributed by atoms with van der Waals surface area (Å²) < 4.78 is 5.39. The fraction of sp³-hybridized carbons (Fsp3) is 0.600. The topological polar surface area (TPSA) is 111 Å². The van der Waals surface area contributed by atoms with E-state index in [0.717, 1.165) is 32.1 Å². The number of hydrogen-bond acceptors (Lipinski definition) is 5. The Bertz CT molecular complexity index is 749. The molecule has 1 fully saturated rings. The van der Waals surface area contributed by atoms with Gasteiger partial charge in [-0.2, -0.15) is 0 Å². The lowest BCUT2D eigenvalue weighted by molar-refractivity contribution is -0.384. The zero-order chi connectivity index (χ0) is 20.9. The van der Waals surface area contributed by atoms with Crippen LogP contribution in [0.15, 0.2) is 18.2 Å². The summed E-state index contributed by atoms with van der Waals surface area (Å²) in [6, 6.07) is 4.15. The smallest absolute Gasteiger partial charge is 0.408 e. The van der Waals surface area contributed by atoms with E-state index < -0.39 is 22.2 Å². The third-order valence-electron chi connectivity index (χ3n) is 4.83. The molecule has 1 aromatic rings. The molecule has 2 rings (SSSR count). The predicted molar refractivity (Wildman–Crippen MR) is 105 cm³/mol. The van der Waals surface area contributed by atoms with Gasteiger partial charge in [0, 0.05) is 24.2 Å². The van der Waals surface area contributed by atoms with Crippen LogP contribution in [0.4, 0.5) is 10.5 Å². The maximum Gasteiger partial charge on any atom is 0.408 e. The largest absolute Gasteiger partial charge is 0.444 e. The summed E-state index contributed by atoms with van der Waals surface area (Å²) in [4.78, 5) is 35.3. The van der Waals surface area contributed by atoms with E-state index in [-0.39, 0.29) is 18.1 Å². The Morgan fingerprint density at radius 2 is 1.86 bits per heavy atom. The molecule has 8 heteroatoms. The quantitative estimate of drug-likeness (QED) is 0.585. The molecule has 0 saturated heterocycles. The Morgan fingerprint density at radius 1 is 1.21 bits per heavy atom. The summed E-state index contributed by atoms with van der Waals surface area (Å²) in [5.74, 6) is -0.316. The van der Waals surface area contributed by atoms with E-state index in [0.29, 0.717) is 11.1 Å². The number of nitro groups is 1. The van der Waals surface area contributed by atoms with Crippen molar-refractivity contribution >= 4 is 17.7 Å². The number of nitrogens with zero attached hydrogens (tertiary/aromatic N) is 1. The molecule has 0 unspecified atom stereocenters. The third-order valence-corrected chi connectivity index (χ3v) is 4.83. The van der Waals surface area contributed by atoms with Gasteiger partial charge in [0.25, 0.3) is 11.6 Å². The predicted octanol–water partition coefficient (Wildman–Crippen LogP) is 3.86. The van der Waals surface area contributed by atoms with Crippen molar-refractivity contribution in [3.8, 4) is 0 Å². The summed E-state index contributed by atoms with van der Waals surface area (Å²) in [5.41, 5.74) is -0.285. The first-order chi connectivity index (χ1) is 13.0. The molecule has 2 amide bonds. The number of alkyl carbamates (subject to hydrolysis) is 1. The fourth-order valence-corrected chi connectivity index (χ4v) is 3.46. The molecule has 0 bridgehead atoms. The summed E-state index contributed by atoms with van der Waals surface area (Å²) in [6.45, 7) is 7.36. The highest BCUT2D eigenvalue weighted by molar-refractivity contribution is 5.96. The van der Waals surface area contributed by atoms with Crippen molar-refractivity contribution in [1.29, 1.82) is 0 Å². The third kappa shape index (κ3) is 5.94. The standard InChI is InChI=1S/C20H29N3O5/c1-14-12-15(23(26)27)8-9-16(14)17(24)21-13-20(10-6-5-7-11-20)22-18(25)28-19(2,3)4/h8-9,12H,5-7,10-11,13H2,1-4H3,(H,21,24)(H,22,25). The molecule has 1 saturated carbocycles. The van der Waals surface area contributed by atoms with Gasteiger partial charge in [0.15, 0.2) is 0 Å². The summed E-state index contributed by atoms with van der Waals surface area (Å²) in [5, 5.41) is 16.7. The molecule has 0 spiro atoms. The van der Waals surface area contributed by atoms with Gasteiger partial charge in [-0.15, -0.1) is 0 Å². The van der Waals surface area contributed by atoms with Crippen molar-refractivity contribution in [3.05, 3.63) is 39.4 Å². The van der Waals surface area contributed by atoms with Crippen LogP contribution in [0.25, 0.3) is 0 Å². The van der Waals surface area contributed by atoms with E-state index in [9.17, 15) is 19.7 Å². The summed E-state index contributed by atoms with van der Waals surface area (Å²) >= 11 is 0. The Kier molecular flexibility index (Phi) is 6.64. The molecule has 0 aliphatic heterocycles. The van der Waals surface area contributed by atoms with Crippen LogP contribution in [-0.2, 0) is 4.74 Å². The van der Waals surface area contributed by atoms with Crippen LogP contribution in [0.1, 0.15) is 68.8 Å². The van der Waals surface area contributed by atoms with Gasteiger partial charge in [-0.3, -0.25) is 14.9 Å². The molecule has 1 aliphatic carbocycles. The number of ether oxygens (including phenoxy) is 1. The van der Waals surface area contributed by atoms with E-state index in [1.165, 1.54) is 18.2 Å². The van der Waals surface area contributed by atoms with Crippen LogP contribution in [0.5, 0.6) is 0 Å². The first-order valence-electron chi connectivity index (χ1n) is 9.56. The van der Waals surface area contributed by atoms with Crippen LogP contribution in [0, 0.1) is 17.0 Å². The van der Waals surface area contributed by atoms with Gasteiger partial charge < -0.3 is 15.4 Å². The molecular formula is C20H29N3O5. The molecule has 2 N–H and O–H groups in total. The summed E-state index contributed by atoms with van der Waals surface area (Å²) in [7, 11) is 0. The number of carbonyl (C=O) groups excluding carboxylic acids is 2. The van der Waals surface area contributed by atoms with Gasteiger partial charge in [0.05, 0.1) is 10.5 Å². The van der Waals surface area contributed by atoms with Gasteiger partial charge in [-0.25, -0.2) is 4.79 Å². The molecule has 8 nitrogen and oxygen atoms in total. The van der Waals surface area contributed by atoms with Gasteiger partial charge in [-0.1, -0.05) is 19.3 Å². The van der Waals surface area contributed by atoms with Crippen molar-refractivity contribution in [3.63, 3.8) is 0 Å². The SMILES string of the molecule is Cc1cc([N+](=O)[O-])ccc1C(=O)NCC1(NC(=O)OC(C)(C)C)CCCCC1. The maximum absolute atomic E-state index is 12.6. The molecule has 154 valence electrons. The summed E-state index contributed by atoms with van der Waals surface area (Å²) in [6.07, 6.45) is 4.03. The van der Waals surface area contributed by atoms with E-state index in [1.807, 2.05) is 0 Å². The number of hydrogen-bond donors (Lipinski definition) is 2. The van der Waals surface area contributed by atoms with Crippen molar-refractivity contribution in [2.24, 2.45) is 0 Å². The monoisotopic (exact) mass is 391 g/mol. The van der Waals surface area contributed by atoms with E-state index >= 15 is 0 Å². The number of carbonyl (C=O) groups is 2. The first kappa shape index (κ1) is 21.7. The second kappa shape index (κ2) is 8.58. The second-order valence-electron chi connectivity index (χ2n) is 8.41. The lowest BCUT2D eigenvalue weighted by Gasteiger charge is -2.38. The number of amides is 2. The highest BCUT2D eigenvalue weighted by Gasteiger charge is 2.35. The number of nitrogens with one attached hydrogen (secondary N) is 2. The molecule has 0 atom stereocenters. The van der Waals surface area contributed by atoms with Crippen LogP contribution < -0.4 is 10.6 Å². The Hall–Kier alpha value is -2.64. The van der Waals surface area contributed by atoms with E-state index in [1.54, 1.807) is 27.7 Å². The molecule has 0 radical (unpaired) electrons. The highest BCUT2D eigenvalue weighted by atomic mass is 16.6. The van der Waals surface area contributed by atoms with Crippen molar-refractivity contribution in [2.75, 3.05) is 6.54 Å². The van der Waals surface area contributed by atoms with Crippen LogP contribution in [-0.4, -0.2) is 34.6 Å². The molecule has 0 aromatic heterocycles. The number of aryl methyl sites for hydroxylation is 1. The first-order valence-corrected chi connectivity index (χ1v) is 9.56. The minimum Gasteiger partial charge on any atom is -0.444 e. The van der Waals surface area contributed by atoms with Gasteiger partial charge in [-0.05, 0) is 52.2 Å². The zero-order valence-corrected chi connectivity index (χ0v) is 17.0. The number of rotatable bonds is 5. The molecule has 1 aromatic carbocycles. The van der Waals surface area contributed by atoms with E-state index in [2.05, 4.69) is 10.6 Å². The average molecular weight is 391 g/mol. The van der Waals surface area contributed by atoms with Crippen molar-refractivity contribution in [2.45, 2.75) is 70.9 Å². The number of non-ortho nitro benzene ring substituents is 1. The van der Waals surface area contributed by atoms with Gasteiger partial charge in [0.1, 0.15) is 5.60 Å². The Morgan fingerprint density at radius 3 is 2.39 bits per heavy atom. The highest BCUT2D eigenvalue weighted by Crippen LogP contribution is 2.28. The van der Waals surface area contributed by atoms with Crippen molar-refractivity contribution < 1.29 is 19.2 Å². The minimum absolute atomic E-state index is 0.0515. The van der Waals surface area contributed by atoms with Gasteiger partial charge >= 0.3 is 6.09 Å². The number of benzene rings is 1. The lowest BCUT2D eigenvalue weighted by atomic mass is 9.81. The minimum atomic E-state index is -0.598. The maximum atomic E-state index is 12.6. The Balaban J connectivity index is 2.08. The molecule has 1 aliphatic rings. The average Bonchev–Trinajstić information content (AvgIpc) is 2.58. The number of nitro benzene ring substituents is 1. The lowest BCUT2D eigenvalue weighted by Crippen LogP contribution is -2.57. The van der Waals surface area contributed by atoms with Crippen LogP contribution >= 0.6 is 0 Å². The van der Waals surface area contributed by atoms with Crippen molar-refractivity contribution in [1.82, 2.24) is 10.6 Å². The molecule has 28 heavy (non-hydrogen) atoms. The molecule has 0 heterocycles. The normalized spacial score (nSPS) is 16.1. The van der Waals surface area contributed by atoms with E-state index in [4.69, 9.17) is 4.74 Å². The second-order valence-corrected chi connectivity index (χ2v) is 8.41. The fourth-order valence-electron chi connectivity index (χ4n) is 3.46. The zero-order valence-electron chi connectivity index (χ0n) is 17.0. The molecular weight excluding hydrogens is 362 g/mol. The van der Waals surface area contributed by atoms with Crippen LogP contribution in [0.2, 0.25) is 0 Å². The van der Waals surface area contributed by atoms with Crippen LogP contribution in [0.3, 0.4) is 0 Å². The Labute approximate surface area is 165 Å².